The monoisotopic (exact) mass is 420 g/mol. The van der Waals surface area contributed by atoms with Crippen molar-refractivity contribution in [3.63, 3.8) is 0 Å². The Morgan fingerprint density at radius 1 is 1.53 bits per heavy atom. The van der Waals surface area contributed by atoms with Crippen molar-refractivity contribution in [1.29, 1.82) is 0 Å². The van der Waals surface area contributed by atoms with Crippen LogP contribution in [0.4, 0.5) is 5.69 Å². The van der Waals surface area contributed by atoms with E-state index in [1.54, 1.807) is 12.1 Å². The molecule has 15 heavy (non-hydrogen) atoms. The minimum Gasteiger partial charge on any atom is -0.392 e. The van der Waals surface area contributed by atoms with Gasteiger partial charge in [-0.15, -0.1) is 0 Å². The fourth-order valence-electron chi connectivity index (χ4n) is 1.92. The number of non-ortho nitro benzene ring substituents is 1. The summed E-state index contributed by atoms with van der Waals surface area (Å²) in [6.45, 7) is 1.89. The molecule has 1 aliphatic rings. The number of nitrogens with zero attached hydrogens (tertiary/aromatic N) is 1. The van der Waals surface area contributed by atoms with Crippen LogP contribution >= 0.6 is 0 Å². The number of nitro groups is 1. The van der Waals surface area contributed by atoms with Crippen LogP contribution in [0.25, 0.3) is 0 Å². The average molecular weight is 420 g/mol. The van der Waals surface area contributed by atoms with Gasteiger partial charge >= 0.3 is 0 Å². The van der Waals surface area contributed by atoms with Crippen LogP contribution in [0.15, 0.2) is 18.2 Å². The SMILES string of the molecule is CC1c2cc([N+](=O)[O-])ccc2CC1O.[Ac]. The van der Waals surface area contributed by atoms with E-state index in [4.69, 9.17) is 0 Å². The van der Waals surface area contributed by atoms with Crippen molar-refractivity contribution in [2.75, 3.05) is 0 Å². The summed E-state index contributed by atoms with van der Waals surface area (Å²) in [7, 11) is 0. The summed E-state index contributed by atoms with van der Waals surface area (Å²) in [5.74, 6) is 0.00454. The second-order valence-corrected chi connectivity index (χ2v) is 3.70. The van der Waals surface area contributed by atoms with Crippen molar-refractivity contribution in [2.24, 2.45) is 0 Å². The zero-order chi connectivity index (χ0) is 10.3. The maximum absolute atomic E-state index is 10.5. The van der Waals surface area contributed by atoms with Gasteiger partial charge in [0.25, 0.3) is 5.69 Å². The average Bonchev–Trinajstić information content (AvgIpc) is 2.43. The number of nitro benzene ring substituents is 1. The van der Waals surface area contributed by atoms with Crippen LogP contribution < -0.4 is 0 Å². The summed E-state index contributed by atoms with van der Waals surface area (Å²) in [5.41, 5.74) is 2.03. The Labute approximate surface area is 123 Å². The molecule has 5 heteroatoms. The van der Waals surface area contributed by atoms with Crippen molar-refractivity contribution < 1.29 is 54.1 Å². The number of rotatable bonds is 1. The fourth-order valence-corrected chi connectivity index (χ4v) is 1.92. The molecule has 77 valence electrons. The van der Waals surface area contributed by atoms with Gasteiger partial charge in [0.05, 0.1) is 11.0 Å². The molecule has 2 unspecified atom stereocenters. The molecule has 2 rings (SSSR count). The standard InChI is InChI=1S/C10H11NO3.Ac/c1-6-9-5-8(11(13)14)3-2-7(9)4-10(6)12;/h2-3,5-6,10,12H,4H2,1H3;. The zero-order valence-corrected chi connectivity index (χ0v) is 13.1. The van der Waals surface area contributed by atoms with E-state index in [0.29, 0.717) is 6.42 Å². The first-order valence-electron chi connectivity index (χ1n) is 4.55. The van der Waals surface area contributed by atoms with Gasteiger partial charge in [-0.2, -0.15) is 0 Å². The molecule has 1 aliphatic carbocycles. The number of aliphatic hydroxyl groups excluding tert-OH is 1. The van der Waals surface area contributed by atoms with Crippen molar-refractivity contribution in [1.82, 2.24) is 0 Å². The number of fused-ring (bicyclic) bond motifs is 1. The van der Waals surface area contributed by atoms with Gasteiger partial charge in [-0.1, -0.05) is 13.0 Å². The number of hydrogen-bond acceptors (Lipinski definition) is 3. The van der Waals surface area contributed by atoms with E-state index < -0.39 is 11.0 Å². The minimum atomic E-state index is -0.405. The van der Waals surface area contributed by atoms with Crippen molar-refractivity contribution in [3.05, 3.63) is 39.4 Å². The first-order valence-corrected chi connectivity index (χ1v) is 4.55. The second kappa shape index (κ2) is 4.90. The third-order valence-electron chi connectivity index (χ3n) is 2.84. The van der Waals surface area contributed by atoms with Gasteiger partial charge < -0.3 is 5.11 Å². The van der Waals surface area contributed by atoms with Crippen molar-refractivity contribution in [3.8, 4) is 0 Å². The first kappa shape index (κ1) is 13.1. The Hall–Kier alpha value is 0.0216. The first-order chi connectivity index (χ1) is 6.59. The van der Waals surface area contributed by atoms with E-state index in [2.05, 4.69) is 0 Å². The maximum Gasteiger partial charge on any atom is 0.269 e. The van der Waals surface area contributed by atoms with Crippen molar-refractivity contribution in [2.45, 2.75) is 25.4 Å². The maximum atomic E-state index is 10.5. The second-order valence-electron chi connectivity index (χ2n) is 3.70. The van der Waals surface area contributed by atoms with E-state index in [-0.39, 0.29) is 55.7 Å². The molecule has 0 heterocycles. The van der Waals surface area contributed by atoms with Crippen LogP contribution in [0.3, 0.4) is 0 Å². The van der Waals surface area contributed by atoms with Gasteiger partial charge in [0.1, 0.15) is 0 Å². The quantitative estimate of drug-likeness (QED) is 0.555. The van der Waals surface area contributed by atoms with Gasteiger partial charge in [-0.3, -0.25) is 10.1 Å². The van der Waals surface area contributed by atoms with Gasteiger partial charge in [-0.25, -0.2) is 0 Å². The summed E-state index contributed by atoms with van der Waals surface area (Å²) >= 11 is 0. The molecule has 1 N–H and O–H groups in total. The van der Waals surface area contributed by atoms with Crippen LogP contribution in [0.1, 0.15) is 24.0 Å². The largest absolute Gasteiger partial charge is 0.392 e. The van der Waals surface area contributed by atoms with E-state index in [0.717, 1.165) is 11.1 Å². The third-order valence-corrected chi connectivity index (χ3v) is 2.84. The molecule has 2 atom stereocenters. The Bertz CT molecular complexity index is 394. The topological polar surface area (TPSA) is 63.4 Å². The normalized spacial score (nSPS) is 23.1. The molecule has 0 saturated heterocycles. The molecular weight excluding hydrogens is 409 g/mol. The summed E-state index contributed by atoms with van der Waals surface area (Å²) < 4.78 is 0. The molecule has 0 saturated carbocycles. The van der Waals surface area contributed by atoms with Crippen LogP contribution in [0, 0.1) is 54.2 Å². The molecule has 0 aromatic heterocycles. The van der Waals surface area contributed by atoms with Gasteiger partial charge in [-0.05, 0) is 17.5 Å². The summed E-state index contributed by atoms with van der Waals surface area (Å²) in [4.78, 5) is 10.1. The van der Waals surface area contributed by atoms with Crippen LogP contribution in [-0.2, 0) is 6.42 Å². The minimum absolute atomic E-state index is 0. The van der Waals surface area contributed by atoms with Gasteiger partial charge in [0.15, 0.2) is 0 Å². The Morgan fingerprint density at radius 2 is 2.20 bits per heavy atom. The summed E-state index contributed by atoms with van der Waals surface area (Å²) in [6, 6.07) is 4.79. The van der Waals surface area contributed by atoms with Crippen LogP contribution in [0.5, 0.6) is 0 Å². The Kier molecular flexibility index (Phi) is 4.28. The molecular formula is C10H11AcNO3. The number of benzene rings is 1. The molecule has 0 amide bonds. The predicted molar refractivity (Wildman–Crippen MR) is 51.2 cm³/mol. The van der Waals surface area contributed by atoms with E-state index in [1.165, 1.54) is 6.07 Å². The van der Waals surface area contributed by atoms with Crippen LogP contribution in [0.2, 0.25) is 0 Å². The Morgan fingerprint density at radius 3 is 2.80 bits per heavy atom. The van der Waals surface area contributed by atoms with E-state index in [1.807, 2.05) is 6.92 Å². The number of aliphatic hydroxyl groups is 1. The van der Waals surface area contributed by atoms with E-state index >= 15 is 0 Å². The molecule has 4 nitrogen and oxygen atoms in total. The summed E-state index contributed by atoms with van der Waals surface area (Å²) in [5, 5.41) is 20.1. The molecule has 0 aliphatic heterocycles. The Balaban J connectivity index is 0.00000112. The zero-order valence-electron chi connectivity index (χ0n) is 8.38. The predicted octanol–water partition coefficient (Wildman–Crippen LogP) is 1.62. The smallest absolute Gasteiger partial charge is 0.269 e. The van der Waals surface area contributed by atoms with Gasteiger partial charge in [0, 0.05) is 62.1 Å². The molecule has 1 aromatic rings. The van der Waals surface area contributed by atoms with Crippen LogP contribution in [-0.4, -0.2) is 16.1 Å². The summed E-state index contributed by atoms with van der Waals surface area (Å²) in [6.07, 6.45) is 0.209. The molecule has 0 fully saturated rings. The molecule has 0 spiro atoms. The van der Waals surface area contributed by atoms with Crippen molar-refractivity contribution >= 4 is 5.69 Å². The molecule has 1 aromatic carbocycles. The third kappa shape index (κ3) is 2.41. The molecule has 1 radical (unpaired) electrons. The number of hydrogen-bond donors (Lipinski definition) is 1. The van der Waals surface area contributed by atoms with E-state index in [9.17, 15) is 15.2 Å². The van der Waals surface area contributed by atoms with Gasteiger partial charge in [0.2, 0.25) is 0 Å². The fraction of sp³-hybridized carbons (Fsp3) is 0.400. The molecule has 0 bridgehead atoms.